The zero-order valence-electron chi connectivity index (χ0n) is 19.3. The Labute approximate surface area is 193 Å². The minimum atomic E-state index is 0.138. The lowest BCUT2D eigenvalue weighted by Crippen LogP contribution is -1.86. The fraction of sp³-hybridized carbons (Fsp3) is 0.500. The first-order chi connectivity index (χ1) is 15.5. The quantitative estimate of drug-likeness (QED) is 0.161. The number of hydrogen-bond donors (Lipinski definition) is 4. The molecule has 0 radical (unpaired) electrons. The molecule has 4 N–H and O–H groups in total. The average molecular weight is 441 g/mol. The van der Waals surface area contributed by atoms with Gasteiger partial charge >= 0.3 is 0 Å². The molecule has 0 bridgehead atoms. The number of aromatic hydroxyl groups is 4. The van der Waals surface area contributed by atoms with Crippen molar-refractivity contribution in [3.8, 4) is 23.0 Å². The summed E-state index contributed by atoms with van der Waals surface area (Å²) in [6, 6.07) is 9.65. The second-order valence-corrected chi connectivity index (χ2v) is 8.80. The van der Waals surface area contributed by atoms with Crippen LogP contribution in [0, 0.1) is 0 Å². The molecule has 0 fully saturated rings. The number of allylic oxidation sites excluding steroid dienone is 2. The number of hydrogen-bond acceptors (Lipinski definition) is 4. The van der Waals surface area contributed by atoms with Gasteiger partial charge in [-0.25, -0.2) is 0 Å². The Morgan fingerprint density at radius 3 is 1.09 bits per heavy atom. The summed E-state index contributed by atoms with van der Waals surface area (Å²) >= 11 is 0. The Morgan fingerprint density at radius 2 is 0.719 bits per heavy atom. The first kappa shape index (κ1) is 25.6. The topological polar surface area (TPSA) is 80.9 Å². The Bertz CT molecular complexity index is 705. The molecule has 2 rings (SSSR count). The second kappa shape index (κ2) is 15.2. The Balaban J connectivity index is 1.36. The van der Waals surface area contributed by atoms with E-state index in [2.05, 4.69) is 12.2 Å². The second-order valence-electron chi connectivity index (χ2n) is 8.80. The van der Waals surface area contributed by atoms with E-state index in [1.807, 2.05) is 0 Å². The van der Waals surface area contributed by atoms with Gasteiger partial charge in [-0.1, -0.05) is 50.7 Å². The molecular weight excluding hydrogens is 400 g/mol. The van der Waals surface area contributed by atoms with Crippen LogP contribution >= 0.6 is 0 Å². The van der Waals surface area contributed by atoms with Gasteiger partial charge < -0.3 is 20.4 Å². The van der Waals surface area contributed by atoms with Gasteiger partial charge in [-0.05, 0) is 86.8 Å². The van der Waals surface area contributed by atoms with Gasteiger partial charge in [0.1, 0.15) is 23.0 Å². The number of unbranched alkanes of at least 4 members (excludes halogenated alkanes) is 10. The summed E-state index contributed by atoms with van der Waals surface area (Å²) < 4.78 is 0. The summed E-state index contributed by atoms with van der Waals surface area (Å²) in [5.41, 5.74) is 2.00. The van der Waals surface area contributed by atoms with Crippen LogP contribution in [-0.4, -0.2) is 20.4 Å². The molecule has 0 saturated heterocycles. The van der Waals surface area contributed by atoms with Gasteiger partial charge in [-0.2, -0.15) is 0 Å². The summed E-state index contributed by atoms with van der Waals surface area (Å²) in [6.07, 6.45) is 20.8. The molecule has 0 unspecified atom stereocenters. The molecule has 4 nitrogen and oxygen atoms in total. The van der Waals surface area contributed by atoms with E-state index >= 15 is 0 Å². The number of phenols is 4. The van der Waals surface area contributed by atoms with Crippen LogP contribution in [0.15, 0.2) is 48.6 Å². The predicted molar refractivity (Wildman–Crippen MR) is 131 cm³/mol. The smallest absolute Gasteiger partial charge is 0.119 e. The summed E-state index contributed by atoms with van der Waals surface area (Å²) in [4.78, 5) is 0. The molecule has 2 aromatic rings. The van der Waals surface area contributed by atoms with Crippen molar-refractivity contribution in [3.05, 3.63) is 59.7 Å². The van der Waals surface area contributed by atoms with E-state index in [9.17, 15) is 20.4 Å². The normalized spacial score (nSPS) is 11.4. The van der Waals surface area contributed by atoms with Crippen LogP contribution in [0.25, 0.3) is 0 Å². The number of rotatable bonds is 16. The number of phenolic OH excluding ortho intramolecular Hbond substituents is 4. The molecular formula is C28H40O4. The lowest BCUT2D eigenvalue weighted by atomic mass is 10.0. The van der Waals surface area contributed by atoms with Crippen molar-refractivity contribution in [2.45, 2.75) is 89.9 Å². The molecule has 0 amide bonds. The third kappa shape index (κ3) is 11.7. The van der Waals surface area contributed by atoms with Crippen molar-refractivity contribution < 1.29 is 20.4 Å². The van der Waals surface area contributed by atoms with Crippen molar-refractivity contribution in [3.63, 3.8) is 0 Å². The maximum Gasteiger partial charge on any atom is 0.119 e. The van der Waals surface area contributed by atoms with Crippen LogP contribution in [0.5, 0.6) is 23.0 Å². The molecule has 0 aromatic heterocycles. The van der Waals surface area contributed by atoms with E-state index in [0.717, 1.165) is 49.7 Å². The molecule has 4 heteroatoms. The fourth-order valence-corrected chi connectivity index (χ4v) is 4.08. The van der Waals surface area contributed by atoms with Crippen molar-refractivity contribution in [1.82, 2.24) is 0 Å². The van der Waals surface area contributed by atoms with E-state index in [1.54, 1.807) is 24.3 Å². The van der Waals surface area contributed by atoms with Gasteiger partial charge in [0.15, 0.2) is 0 Å². The van der Waals surface area contributed by atoms with Crippen molar-refractivity contribution in [2.24, 2.45) is 0 Å². The average Bonchev–Trinajstić information content (AvgIpc) is 2.72. The molecule has 32 heavy (non-hydrogen) atoms. The van der Waals surface area contributed by atoms with Crippen LogP contribution < -0.4 is 0 Å². The molecule has 176 valence electrons. The number of benzene rings is 2. The van der Waals surface area contributed by atoms with Gasteiger partial charge in [0.05, 0.1) is 0 Å². The molecule has 0 aliphatic heterocycles. The van der Waals surface area contributed by atoms with Crippen LogP contribution in [0.2, 0.25) is 0 Å². The van der Waals surface area contributed by atoms with E-state index in [1.165, 1.54) is 63.5 Å². The highest BCUT2D eigenvalue weighted by Crippen LogP contribution is 2.23. The van der Waals surface area contributed by atoms with Gasteiger partial charge in [-0.15, -0.1) is 0 Å². The molecule has 0 atom stereocenters. The largest absolute Gasteiger partial charge is 0.508 e. The Kier molecular flexibility index (Phi) is 12.2. The molecule has 2 aromatic carbocycles. The van der Waals surface area contributed by atoms with Crippen LogP contribution in [0.4, 0.5) is 0 Å². The zero-order chi connectivity index (χ0) is 23.0. The third-order valence-corrected chi connectivity index (χ3v) is 5.76. The minimum absolute atomic E-state index is 0.138. The maximum atomic E-state index is 9.49. The van der Waals surface area contributed by atoms with Crippen LogP contribution in [-0.2, 0) is 12.8 Å². The summed E-state index contributed by atoms with van der Waals surface area (Å²) in [5.74, 6) is 0.551. The molecule has 0 aliphatic carbocycles. The monoisotopic (exact) mass is 440 g/mol. The van der Waals surface area contributed by atoms with Crippen molar-refractivity contribution in [2.75, 3.05) is 0 Å². The van der Waals surface area contributed by atoms with Gasteiger partial charge in [0.25, 0.3) is 0 Å². The van der Waals surface area contributed by atoms with Crippen molar-refractivity contribution in [1.29, 1.82) is 0 Å². The van der Waals surface area contributed by atoms with E-state index in [-0.39, 0.29) is 23.0 Å². The fourth-order valence-electron chi connectivity index (χ4n) is 4.08. The summed E-state index contributed by atoms with van der Waals surface area (Å²) in [5, 5.41) is 38.0. The van der Waals surface area contributed by atoms with Crippen molar-refractivity contribution >= 4 is 0 Å². The Morgan fingerprint density at radius 1 is 0.406 bits per heavy atom. The Hall–Kier alpha value is -2.62. The van der Waals surface area contributed by atoms with Crippen LogP contribution in [0.1, 0.15) is 88.2 Å². The molecule has 0 saturated carbocycles. The highest BCUT2D eigenvalue weighted by molar-refractivity contribution is 5.37. The van der Waals surface area contributed by atoms with Gasteiger partial charge in [0, 0.05) is 12.1 Å². The van der Waals surface area contributed by atoms with Gasteiger partial charge in [0.2, 0.25) is 0 Å². The molecule has 0 spiro atoms. The predicted octanol–water partition coefficient (Wildman–Crippen LogP) is 7.53. The maximum absolute atomic E-state index is 9.49. The first-order valence-electron chi connectivity index (χ1n) is 12.2. The van der Waals surface area contributed by atoms with E-state index in [4.69, 9.17) is 0 Å². The summed E-state index contributed by atoms with van der Waals surface area (Å²) in [7, 11) is 0. The minimum Gasteiger partial charge on any atom is -0.508 e. The highest BCUT2D eigenvalue weighted by Gasteiger charge is 2.00. The summed E-state index contributed by atoms with van der Waals surface area (Å²) in [6.45, 7) is 0. The van der Waals surface area contributed by atoms with Crippen LogP contribution in [0.3, 0.4) is 0 Å². The van der Waals surface area contributed by atoms with E-state index < -0.39 is 0 Å². The standard InChI is InChI=1S/C28H40O4/c29-25-17-23(18-26(30)21-25)15-13-11-9-7-5-3-1-2-4-6-8-10-12-14-16-24-19-27(31)22-28(32)20-24/h1-2,17-22,29-32H,3-16H2/b2-1-. The third-order valence-electron chi connectivity index (χ3n) is 5.76. The zero-order valence-corrected chi connectivity index (χ0v) is 19.3. The lowest BCUT2D eigenvalue weighted by Gasteiger charge is -2.04. The van der Waals surface area contributed by atoms with E-state index in [0.29, 0.717) is 0 Å². The molecule has 0 heterocycles. The first-order valence-corrected chi connectivity index (χ1v) is 12.2. The SMILES string of the molecule is Oc1cc(O)cc(CCCCCCC/C=C\CCCCCCCc2cc(O)cc(O)c2)c1. The van der Waals surface area contributed by atoms with Gasteiger partial charge in [-0.3, -0.25) is 0 Å². The highest BCUT2D eigenvalue weighted by atomic mass is 16.3. The number of aryl methyl sites for hydroxylation is 2. The molecule has 0 aliphatic rings. The lowest BCUT2D eigenvalue weighted by molar-refractivity contribution is 0.447.